The number of rotatable bonds is 9. The van der Waals surface area contributed by atoms with Gasteiger partial charge < -0.3 is 15.4 Å². The number of nitrogens with one attached hydrogen (secondary N) is 2. The Morgan fingerprint density at radius 1 is 0.957 bits per heavy atom. The van der Waals surface area contributed by atoms with Crippen LogP contribution in [0.5, 0.6) is 0 Å². The largest absolute Gasteiger partial charge is 0.456 e. The van der Waals surface area contributed by atoms with Gasteiger partial charge >= 0.3 is 5.97 Å². The van der Waals surface area contributed by atoms with Crippen LogP contribution in [0.1, 0.15) is 31.4 Å². The first-order valence-corrected chi connectivity index (χ1v) is 7.82. The summed E-state index contributed by atoms with van der Waals surface area (Å²) in [6.07, 6.45) is 1.77. The third-order valence-corrected chi connectivity index (χ3v) is 3.23. The predicted molar refractivity (Wildman–Crippen MR) is 86.8 cm³/mol. The second-order valence-electron chi connectivity index (χ2n) is 5.06. The van der Waals surface area contributed by atoms with Gasteiger partial charge in [-0.25, -0.2) is 0 Å². The number of hydrogen-bond acceptors (Lipinski definition) is 4. The first kappa shape index (κ1) is 18.7. The Morgan fingerprint density at radius 2 is 1.61 bits per heavy atom. The fourth-order valence-electron chi connectivity index (χ4n) is 1.90. The normalized spacial score (nSPS) is 10.0. The van der Waals surface area contributed by atoms with Gasteiger partial charge in [0.2, 0.25) is 5.91 Å². The molecule has 0 aliphatic rings. The molecule has 0 aliphatic carbocycles. The quantitative estimate of drug-likeness (QED) is 0.664. The van der Waals surface area contributed by atoms with Crippen LogP contribution in [0.2, 0.25) is 0 Å². The lowest BCUT2D eigenvalue weighted by Crippen LogP contribution is -2.38. The summed E-state index contributed by atoms with van der Waals surface area (Å²) in [6, 6.07) is 8.06. The zero-order chi connectivity index (χ0) is 17.1. The summed E-state index contributed by atoms with van der Waals surface area (Å²) in [6.45, 7) is 3.89. The van der Waals surface area contributed by atoms with Crippen LogP contribution in [0, 0.1) is 0 Å². The monoisotopic (exact) mass is 320 g/mol. The van der Waals surface area contributed by atoms with Gasteiger partial charge in [0.05, 0.1) is 6.54 Å². The molecule has 1 rings (SSSR count). The van der Waals surface area contributed by atoms with Gasteiger partial charge in [0.1, 0.15) is 0 Å². The van der Waals surface area contributed by atoms with Crippen LogP contribution in [0.4, 0.5) is 0 Å². The van der Waals surface area contributed by atoms with Crippen molar-refractivity contribution >= 4 is 17.8 Å². The second kappa shape index (κ2) is 10.4. The number of ether oxygens (including phenoxy) is 1. The number of likely N-dealkylation sites (N-methyl/N-ethyl adjacent to an activating group) is 1. The molecule has 2 amide bonds. The van der Waals surface area contributed by atoms with Crippen molar-refractivity contribution in [3.05, 3.63) is 35.4 Å². The lowest BCUT2D eigenvalue weighted by atomic mass is 10.1. The van der Waals surface area contributed by atoms with E-state index in [0.29, 0.717) is 13.0 Å². The van der Waals surface area contributed by atoms with E-state index in [1.54, 1.807) is 6.92 Å². The van der Waals surface area contributed by atoms with E-state index in [9.17, 15) is 14.4 Å². The van der Waals surface area contributed by atoms with Crippen LogP contribution in [-0.4, -0.2) is 37.5 Å². The van der Waals surface area contributed by atoms with E-state index in [0.717, 1.165) is 12.0 Å². The molecule has 126 valence electrons. The van der Waals surface area contributed by atoms with E-state index in [4.69, 9.17) is 4.74 Å². The molecule has 2 N–H and O–H groups in total. The predicted octanol–water partition coefficient (Wildman–Crippen LogP) is 0.977. The van der Waals surface area contributed by atoms with Crippen molar-refractivity contribution in [1.29, 1.82) is 0 Å². The number of benzene rings is 1. The highest BCUT2D eigenvalue weighted by molar-refractivity contribution is 5.86. The molecule has 0 unspecified atom stereocenters. The Hall–Kier alpha value is -2.37. The van der Waals surface area contributed by atoms with Crippen LogP contribution in [-0.2, 0) is 32.0 Å². The first-order valence-electron chi connectivity index (χ1n) is 7.82. The number of carbonyl (C=O) groups is 3. The minimum Gasteiger partial charge on any atom is -0.456 e. The smallest absolute Gasteiger partial charge is 0.306 e. The highest BCUT2D eigenvalue weighted by Gasteiger charge is 2.09. The minimum absolute atomic E-state index is 0.117. The Balaban J connectivity index is 2.20. The van der Waals surface area contributed by atoms with Crippen LogP contribution < -0.4 is 10.6 Å². The van der Waals surface area contributed by atoms with Gasteiger partial charge in [0, 0.05) is 13.0 Å². The zero-order valence-electron chi connectivity index (χ0n) is 13.7. The molecular weight excluding hydrogens is 296 g/mol. The summed E-state index contributed by atoms with van der Waals surface area (Å²) in [5, 5.41) is 4.93. The Kier molecular flexibility index (Phi) is 8.42. The molecule has 0 spiro atoms. The van der Waals surface area contributed by atoms with Crippen molar-refractivity contribution in [3.8, 4) is 0 Å². The SMILES string of the molecule is CCNC(=O)CNC(=O)COC(=O)CCc1ccc(CC)cc1. The van der Waals surface area contributed by atoms with Gasteiger partial charge in [0.25, 0.3) is 5.91 Å². The van der Waals surface area contributed by atoms with Crippen molar-refractivity contribution in [3.63, 3.8) is 0 Å². The molecule has 0 heterocycles. The van der Waals surface area contributed by atoms with Crippen molar-refractivity contribution in [2.24, 2.45) is 0 Å². The number of hydrogen-bond donors (Lipinski definition) is 2. The summed E-state index contributed by atoms with van der Waals surface area (Å²) < 4.78 is 4.88. The topological polar surface area (TPSA) is 84.5 Å². The lowest BCUT2D eigenvalue weighted by Gasteiger charge is -2.07. The first-order chi connectivity index (χ1) is 11.0. The van der Waals surface area contributed by atoms with Gasteiger partial charge in [-0.15, -0.1) is 0 Å². The van der Waals surface area contributed by atoms with Gasteiger partial charge in [0.15, 0.2) is 6.61 Å². The summed E-state index contributed by atoms with van der Waals surface area (Å²) in [4.78, 5) is 34.2. The molecule has 0 radical (unpaired) electrons. The second-order valence-corrected chi connectivity index (χ2v) is 5.06. The van der Waals surface area contributed by atoms with E-state index < -0.39 is 11.9 Å². The highest BCUT2D eigenvalue weighted by Crippen LogP contribution is 2.07. The van der Waals surface area contributed by atoms with Gasteiger partial charge in [-0.2, -0.15) is 0 Å². The summed E-state index contributed by atoms with van der Waals surface area (Å²) in [5.41, 5.74) is 2.31. The average Bonchev–Trinajstić information content (AvgIpc) is 2.57. The molecule has 0 atom stereocenters. The molecule has 0 saturated carbocycles. The van der Waals surface area contributed by atoms with Crippen LogP contribution in [0.15, 0.2) is 24.3 Å². The standard InChI is InChI=1S/C17H24N2O4/c1-3-13-5-7-14(8-6-13)9-10-17(22)23-12-16(21)19-11-15(20)18-4-2/h5-8H,3-4,9-12H2,1-2H3,(H,18,20)(H,19,21). The summed E-state index contributed by atoms with van der Waals surface area (Å²) in [7, 11) is 0. The number of esters is 1. The van der Waals surface area contributed by atoms with Crippen molar-refractivity contribution in [2.75, 3.05) is 19.7 Å². The van der Waals surface area contributed by atoms with Gasteiger partial charge in [-0.3, -0.25) is 14.4 Å². The van der Waals surface area contributed by atoms with E-state index in [-0.39, 0.29) is 25.5 Å². The van der Waals surface area contributed by atoms with Crippen molar-refractivity contribution in [1.82, 2.24) is 10.6 Å². The molecule has 0 fully saturated rings. The minimum atomic E-state index is -0.489. The number of amides is 2. The maximum absolute atomic E-state index is 11.6. The fraction of sp³-hybridized carbons (Fsp3) is 0.471. The molecule has 1 aromatic carbocycles. The van der Waals surface area contributed by atoms with Gasteiger partial charge in [-0.05, 0) is 30.9 Å². The molecule has 6 heteroatoms. The third-order valence-electron chi connectivity index (χ3n) is 3.23. The van der Waals surface area contributed by atoms with E-state index in [2.05, 4.69) is 17.6 Å². The average molecular weight is 320 g/mol. The molecule has 6 nitrogen and oxygen atoms in total. The molecule has 0 bridgehead atoms. The summed E-state index contributed by atoms with van der Waals surface area (Å²) >= 11 is 0. The molecule has 0 aliphatic heterocycles. The van der Waals surface area contributed by atoms with Crippen molar-refractivity contribution < 1.29 is 19.1 Å². The Bertz CT molecular complexity index is 526. The van der Waals surface area contributed by atoms with Crippen molar-refractivity contribution in [2.45, 2.75) is 33.1 Å². The maximum Gasteiger partial charge on any atom is 0.306 e. The van der Waals surface area contributed by atoms with E-state index in [1.807, 2.05) is 24.3 Å². The molecule has 0 aromatic heterocycles. The summed E-state index contributed by atoms with van der Waals surface area (Å²) in [5.74, 6) is -1.20. The molecular formula is C17H24N2O4. The third kappa shape index (κ3) is 7.99. The zero-order valence-corrected chi connectivity index (χ0v) is 13.7. The van der Waals surface area contributed by atoms with E-state index >= 15 is 0 Å². The molecule has 1 aromatic rings. The van der Waals surface area contributed by atoms with Crippen LogP contribution in [0.25, 0.3) is 0 Å². The Morgan fingerprint density at radius 3 is 2.22 bits per heavy atom. The van der Waals surface area contributed by atoms with Crippen LogP contribution in [0.3, 0.4) is 0 Å². The Labute approximate surface area is 136 Å². The van der Waals surface area contributed by atoms with Gasteiger partial charge in [-0.1, -0.05) is 31.2 Å². The lowest BCUT2D eigenvalue weighted by molar-refractivity contribution is -0.148. The van der Waals surface area contributed by atoms with Crippen LogP contribution >= 0.6 is 0 Å². The molecule has 0 saturated heterocycles. The van der Waals surface area contributed by atoms with E-state index in [1.165, 1.54) is 5.56 Å². The number of aryl methyl sites for hydroxylation is 2. The fourth-order valence-corrected chi connectivity index (χ4v) is 1.90. The highest BCUT2D eigenvalue weighted by atomic mass is 16.5. The molecule has 23 heavy (non-hydrogen) atoms. The number of carbonyl (C=O) groups excluding carboxylic acids is 3. The maximum atomic E-state index is 11.6.